The number of hydrogen-bond donors (Lipinski definition) is 0. The summed E-state index contributed by atoms with van der Waals surface area (Å²) in [5.74, 6) is 0.00851. The third-order valence-corrected chi connectivity index (χ3v) is 5.45. The lowest BCUT2D eigenvalue weighted by Gasteiger charge is -2.21. The third-order valence-electron chi connectivity index (χ3n) is 3.88. The Hall–Kier alpha value is -1.55. The van der Waals surface area contributed by atoms with Crippen LogP contribution in [0.1, 0.15) is 30.9 Å². The van der Waals surface area contributed by atoms with Crippen LogP contribution in [0.3, 0.4) is 0 Å². The minimum atomic E-state index is -4.75. The zero-order chi connectivity index (χ0) is 17.7. The van der Waals surface area contributed by atoms with Crippen LogP contribution in [-0.2, 0) is 17.8 Å². The molecule has 0 radical (unpaired) electrons. The molecule has 23 heavy (non-hydrogen) atoms. The van der Waals surface area contributed by atoms with Gasteiger partial charge in [0, 0.05) is 17.7 Å². The van der Waals surface area contributed by atoms with Gasteiger partial charge in [0.1, 0.15) is 12.7 Å². The van der Waals surface area contributed by atoms with E-state index in [0.717, 1.165) is 16.2 Å². The van der Waals surface area contributed by atoms with Gasteiger partial charge in [-0.1, -0.05) is 19.9 Å². The van der Waals surface area contributed by atoms with Gasteiger partial charge in [-0.05, 0) is 36.9 Å². The van der Waals surface area contributed by atoms with Crippen LogP contribution in [0.15, 0.2) is 23.0 Å². The standard InChI is InChI=1S/C16H19F3NO2P/c1-9(2)10-6-7-13-11(14(10)23(4,5)22)8-12(16(17,18)19)15(21)20(13)3/h6-9H,1-5H3. The van der Waals surface area contributed by atoms with Crippen molar-refractivity contribution in [3.05, 3.63) is 39.7 Å². The summed E-state index contributed by atoms with van der Waals surface area (Å²) in [6, 6.07) is 4.21. The highest BCUT2D eigenvalue weighted by atomic mass is 31.2. The average Bonchev–Trinajstić information content (AvgIpc) is 2.38. The summed E-state index contributed by atoms with van der Waals surface area (Å²) in [4.78, 5) is 12.0. The summed E-state index contributed by atoms with van der Waals surface area (Å²) in [6.07, 6.45) is -4.75. The molecular formula is C16H19F3NO2P. The van der Waals surface area contributed by atoms with E-state index in [9.17, 15) is 22.5 Å². The molecule has 0 atom stereocenters. The molecule has 0 spiro atoms. The Labute approximate surface area is 132 Å². The number of pyridine rings is 1. The zero-order valence-corrected chi connectivity index (χ0v) is 14.5. The smallest absolute Gasteiger partial charge is 0.319 e. The molecule has 0 bridgehead atoms. The summed E-state index contributed by atoms with van der Waals surface area (Å²) >= 11 is 0. The summed E-state index contributed by atoms with van der Waals surface area (Å²) in [6.45, 7) is 6.86. The lowest BCUT2D eigenvalue weighted by Crippen LogP contribution is -2.28. The number of nitrogens with zero attached hydrogens (tertiary/aromatic N) is 1. The normalized spacial score (nSPS) is 13.1. The first-order valence-electron chi connectivity index (χ1n) is 7.15. The van der Waals surface area contributed by atoms with E-state index in [1.807, 2.05) is 13.8 Å². The summed E-state index contributed by atoms with van der Waals surface area (Å²) in [5.41, 5.74) is -1.23. The number of fused-ring (bicyclic) bond motifs is 1. The van der Waals surface area contributed by atoms with E-state index in [1.54, 1.807) is 12.1 Å². The number of aryl methyl sites for hydroxylation is 1. The Bertz CT molecular complexity index is 875. The number of benzene rings is 1. The second kappa shape index (κ2) is 5.52. The van der Waals surface area contributed by atoms with Gasteiger partial charge in [-0.15, -0.1) is 0 Å². The molecule has 7 heteroatoms. The largest absolute Gasteiger partial charge is 0.421 e. The molecule has 0 aliphatic carbocycles. The molecule has 0 saturated carbocycles. The molecule has 0 saturated heterocycles. The van der Waals surface area contributed by atoms with Crippen LogP contribution in [0, 0.1) is 0 Å². The van der Waals surface area contributed by atoms with Gasteiger partial charge in [-0.25, -0.2) is 0 Å². The fraction of sp³-hybridized carbons (Fsp3) is 0.438. The first kappa shape index (κ1) is 17.8. The highest BCUT2D eigenvalue weighted by Gasteiger charge is 2.36. The molecule has 1 heterocycles. The van der Waals surface area contributed by atoms with E-state index in [0.29, 0.717) is 10.8 Å². The van der Waals surface area contributed by atoms with E-state index in [2.05, 4.69) is 0 Å². The molecule has 0 aliphatic heterocycles. The predicted molar refractivity (Wildman–Crippen MR) is 87.4 cm³/mol. The number of halogens is 3. The molecule has 0 aliphatic rings. The Kier molecular flexibility index (Phi) is 4.27. The number of alkyl halides is 3. The van der Waals surface area contributed by atoms with Crippen LogP contribution in [0.2, 0.25) is 0 Å². The minimum absolute atomic E-state index is 0.00851. The number of hydrogen-bond acceptors (Lipinski definition) is 2. The molecule has 2 aromatic rings. The van der Waals surface area contributed by atoms with E-state index in [-0.39, 0.29) is 11.3 Å². The van der Waals surface area contributed by atoms with Crippen molar-refractivity contribution >= 4 is 23.3 Å². The molecule has 3 nitrogen and oxygen atoms in total. The first-order valence-corrected chi connectivity index (χ1v) is 9.75. The van der Waals surface area contributed by atoms with Crippen LogP contribution in [0.25, 0.3) is 10.9 Å². The van der Waals surface area contributed by atoms with Crippen molar-refractivity contribution in [2.24, 2.45) is 7.05 Å². The van der Waals surface area contributed by atoms with Crippen molar-refractivity contribution in [1.82, 2.24) is 4.57 Å². The van der Waals surface area contributed by atoms with Gasteiger partial charge in [0.15, 0.2) is 0 Å². The van der Waals surface area contributed by atoms with Crippen molar-refractivity contribution in [3.8, 4) is 0 Å². The average molecular weight is 345 g/mol. The van der Waals surface area contributed by atoms with E-state index in [1.165, 1.54) is 20.4 Å². The fourth-order valence-corrected chi connectivity index (χ4v) is 4.53. The molecule has 0 fully saturated rings. The van der Waals surface area contributed by atoms with Gasteiger partial charge >= 0.3 is 6.18 Å². The summed E-state index contributed by atoms with van der Waals surface area (Å²) < 4.78 is 53.2. The van der Waals surface area contributed by atoms with Crippen molar-refractivity contribution in [1.29, 1.82) is 0 Å². The highest BCUT2D eigenvalue weighted by Crippen LogP contribution is 2.41. The van der Waals surface area contributed by atoms with E-state index >= 15 is 0 Å². The van der Waals surface area contributed by atoms with Crippen LogP contribution < -0.4 is 10.9 Å². The second-order valence-corrected chi connectivity index (χ2v) is 9.51. The predicted octanol–water partition coefficient (Wildman–Crippen LogP) is 3.93. The van der Waals surface area contributed by atoms with Crippen molar-refractivity contribution in [2.45, 2.75) is 25.9 Å². The summed E-state index contributed by atoms with van der Waals surface area (Å²) in [7, 11) is -1.54. The van der Waals surface area contributed by atoms with Crippen molar-refractivity contribution < 1.29 is 17.7 Å². The SMILES string of the molecule is CC(C)c1ccc2c(cc(C(F)(F)F)c(=O)n2C)c1P(C)(C)=O. The molecule has 0 amide bonds. The molecule has 126 valence electrons. The quantitative estimate of drug-likeness (QED) is 0.774. The van der Waals surface area contributed by atoms with Gasteiger partial charge in [-0.2, -0.15) is 13.2 Å². The lowest BCUT2D eigenvalue weighted by atomic mass is 10.00. The lowest BCUT2D eigenvalue weighted by molar-refractivity contribution is -0.138. The third kappa shape index (κ3) is 3.09. The van der Waals surface area contributed by atoms with Crippen molar-refractivity contribution in [2.75, 3.05) is 13.3 Å². The van der Waals surface area contributed by atoms with Gasteiger partial charge in [0.05, 0.1) is 5.52 Å². The summed E-state index contributed by atoms with van der Waals surface area (Å²) in [5, 5.41) is 0.657. The van der Waals surface area contributed by atoms with E-state index < -0.39 is 24.4 Å². The van der Waals surface area contributed by atoms with Crippen LogP contribution in [0.5, 0.6) is 0 Å². The second-order valence-electron chi connectivity index (χ2n) is 6.36. The molecular weight excluding hydrogens is 326 g/mol. The molecule has 1 aromatic heterocycles. The Morgan fingerprint density at radius 2 is 1.74 bits per heavy atom. The van der Waals surface area contributed by atoms with Crippen LogP contribution in [-0.4, -0.2) is 17.9 Å². The maximum atomic E-state index is 13.2. The molecule has 0 N–H and O–H groups in total. The highest BCUT2D eigenvalue weighted by molar-refractivity contribution is 7.70. The topological polar surface area (TPSA) is 39.1 Å². The maximum absolute atomic E-state index is 13.2. The van der Waals surface area contributed by atoms with Gasteiger partial charge in [0.2, 0.25) is 0 Å². The Balaban J connectivity index is 3.10. The monoisotopic (exact) mass is 345 g/mol. The van der Waals surface area contributed by atoms with Gasteiger partial charge in [-0.3, -0.25) is 4.79 Å². The zero-order valence-electron chi connectivity index (χ0n) is 13.7. The molecule has 0 unspecified atom stereocenters. The maximum Gasteiger partial charge on any atom is 0.421 e. The Morgan fingerprint density at radius 3 is 2.17 bits per heavy atom. The molecule has 2 rings (SSSR count). The number of aromatic nitrogens is 1. The number of rotatable bonds is 2. The Morgan fingerprint density at radius 1 is 1.17 bits per heavy atom. The van der Waals surface area contributed by atoms with Gasteiger partial charge in [0.25, 0.3) is 5.56 Å². The van der Waals surface area contributed by atoms with Crippen molar-refractivity contribution in [3.63, 3.8) is 0 Å². The first-order chi connectivity index (χ1) is 10.4. The van der Waals surface area contributed by atoms with Gasteiger partial charge < -0.3 is 9.13 Å². The van der Waals surface area contributed by atoms with E-state index in [4.69, 9.17) is 0 Å². The molecule has 1 aromatic carbocycles. The van der Waals surface area contributed by atoms with Crippen LogP contribution in [0.4, 0.5) is 13.2 Å². The fourth-order valence-electron chi connectivity index (χ4n) is 2.82. The minimum Gasteiger partial charge on any atom is -0.319 e. The van der Waals surface area contributed by atoms with Crippen LogP contribution >= 0.6 is 7.14 Å².